The van der Waals surface area contributed by atoms with Crippen LogP contribution in [-0.2, 0) is 16.6 Å². The van der Waals surface area contributed by atoms with Crippen LogP contribution in [0.3, 0.4) is 0 Å². The van der Waals surface area contributed by atoms with E-state index in [4.69, 9.17) is 16.3 Å². The summed E-state index contributed by atoms with van der Waals surface area (Å²) in [5.41, 5.74) is 0.172. The van der Waals surface area contributed by atoms with Crippen LogP contribution in [-0.4, -0.2) is 26.6 Å². The summed E-state index contributed by atoms with van der Waals surface area (Å²) in [6.07, 6.45) is 5.62. The van der Waals surface area contributed by atoms with Gasteiger partial charge in [-0.2, -0.15) is 5.10 Å². The molecule has 37 heavy (non-hydrogen) atoms. The van der Waals surface area contributed by atoms with Crippen molar-refractivity contribution in [2.75, 3.05) is 10.6 Å². The summed E-state index contributed by atoms with van der Waals surface area (Å²) >= 11 is 5.96. The third-order valence-electron chi connectivity index (χ3n) is 5.96. The number of benzene rings is 2. The number of amides is 2. The number of carbonyl (C=O) groups excluding carboxylic acids is 2. The number of halogens is 3. The molecule has 0 aliphatic heterocycles. The average molecular weight is 524 g/mol. The van der Waals surface area contributed by atoms with Gasteiger partial charge in [0, 0.05) is 37.1 Å². The second-order valence-electron chi connectivity index (χ2n) is 8.64. The predicted molar refractivity (Wildman–Crippen MR) is 133 cm³/mol. The molecule has 0 unspecified atom stereocenters. The van der Waals surface area contributed by atoms with Gasteiger partial charge in [0.1, 0.15) is 28.5 Å². The zero-order chi connectivity index (χ0) is 26.2. The van der Waals surface area contributed by atoms with E-state index in [0.717, 1.165) is 23.8 Å². The average Bonchev–Trinajstić information content (AvgIpc) is 3.57. The molecule has 0 atom stereocenters. The van der Waals surface area contributed by atoms with Crippen LogP contribution < -0.4 is 15.4 Å². The molecule has 8 nitrogen and oxygen atoms in total. The summed E-state index contributed by atoms with van der Waals surface area (Å²) in [6.45, 7) is 0. The summed E-state index contributed by atoms with van der Waals surface area (Å²) in [5.74, 6) is -1.87. The van der Waals surface area contributed by atoms with E-state index in [1.165, 1.54) is 18.2 Å². The lowest BCUT2D eigenvalue weighted by atomic mass is 10.0. The van der Waals surface area contributed by atoms with E-state index in [0.29, 0.717) is 11.4 Å². The van der Waals surface area contributed by atoms with Crippen LogP contribution in [0.5, 0.6) is 11.5 Å². The van der Waals surface area contributed by atoms with Gasteiger partial charge in [-0.25, -0.2) is 8.78 Å². The molecule has 1 saturated carbocycles. The molecule has 0 radical (unpaired) electrons. The van der Waals surface area contributed by atoms with Crippen molar-refractivity contribution in [3.8, 4) is 22.8 Å². The van der Waals surface area contributed by atoms with E-state index in [-0.39, 0.29) is 35.0 Å². The lowest BCUT2D eigenvalue weighted by molar-refractivity contribution is -0.131. The standard InChI is InChI=1S/C26H20ClF2N5O3/c1-34-14-15(13-31-34)23-12-18(6-9-30-23)37-17-3-5-22(20(29)11-17)33-25(36)26(7-8-26)24(35)32-21-4-2-16(28)10-19(21)27/h2-6,9-14H,7-8H2,1H3,(H,32,35)(H,33,36). The molecule has 2 aromatic heterocycles. The van der Waals surface area contributed by atoms with Crippen molar-refractivity contribution < 1.29 is 23.1 Å². The molecule has 188 valence electrons. The molecule has 5 rings (SSSR count). The van der Waals surface area contributed by atoms with Crippen molar-refractivity contribution in [1.29, 1.82) is 0 Å². The van der Waals surface area contributed by atoms with E-state index >= 15 is 0 Å². The van der Waals surface area contributed by atoms with E-state index in [1.807, 2.05) is 6.20 Å². The topological polar surface area (TPSA) is 98.1 Å². The molecule has 0 spiro atoms. The Hall–Kier alpha value is -4.31. The quantitative estimate of drug-likeness (QED) is 0.309. The molecule has 2 N–H and O–H groups in total. The number of ether oxygens (including phenoxy) is 1. The molecule has 0 bridgehead atoms. The van der Waals surface area contributed by atoms with Crippen molar-refractivity contribution in [3.63, 3.8) is 0 Å². The molecule has 2 aromatic carbocycles. The number of aryl methyl sites for hydroxylation is 1. The minimum absolute atomic E-state index is 0.00736. The van der Waals surface area contributed by atoms with Gasteiger partial charge in [-0.3, -0.25) is 19.3 Å². The number of nitrogens with one attached hydrogen (secondary N) is 2. The van der Waals surface area contributed by atoms with Crippen LogP contribution >= 0.6 is 11.6 Å². The van der Waals surface area contributed by atoms with Gasteiger partial charge < -0.3 is 15.4 Å². The summed E-state index contributed by atoms with van der Waals surface area (Å²) in [5, 5.41) is 9.16. The number of nitrogens with zero attached hydrogens (tertiary/aromatic N) is 3. The summed E-state index contributed by atoms with van der Waals surface area (Å²) < 4.78 is 35.5. The van der Waals surface area contributed by atoms with Crippen LogP contribution in [0.2, 0.25) is 5.02 Å². The minimum Gasteiger partial charge on any atom is -0.457 e. The molecule has 1 aliphatic carbocycles. The maximum absolute atomic E-state index is 14.8. The Morgan fingerprint density at radius 3 is 2.35 bits per heavy atom. The van der Waals surface area contributed by atoms with Gasteiger partial charge in [-0.15, -0.1) is 0 Å². The predicted octanol–water partition coefficient (Wildman–Crippen LogP) is 5.56. The van der Waals surface area contributed by atoms with Gasteiger partial charge in [-0.1, -0.05) is 11.6 Å². The Morgan fingerprint density at radius 1 is 1.00 bits per heavy atom. The molecular weight excluding hydrogens is 504 g/mol. The maximum Gasteiger partial charge on any atom is 0.240 e. The highest BCUT2D eigenvalue weighted by Gasteiger charge is 2.56. The molecular formula is C26H20ClF2N5O3. The van der Waals surface area contributed by atoms with Crippen LogP contribution in [0.15, 0.2) is 67.1 Å². The Kier molecular flexibility index (Phi) is 6.34. The monoisotopic (exact) mass is 523 g/mol. The van der Waals surface area contributed by atoms with Gasteiger partial charge in [0.05, 0.1) is 28.3 Å². The summed E-state index contributed by atoms with van der Waals surface area (Å²) in [6, 6.07) is 10.8. The highest BCUT2D eigenvalue weighted by Crippen LogP contribution is 2.48. The first-order valence-corrected chi connectivity index (χ1v) is 11.6. The zero-order valence-corrected chi connectivity index (χ0v) is 20.2. The van der Waals surface area contributed by atoms with Gasteiger partial charge in [0.2, 0.25) is 11.8 Å². The molecule has 1 aliphatic rings. The third kappa shape index (κ3) is 5.14. The van der Waals surface area contributed by atoms with Gasteiger partial charge >= 0.3 is 0 Å². The number of pyridine rings is 1. The number of hydrogen-bond acceptors (Lipinski definition) is 5. The zero-order valence-electron chi connectivity index (χ0n) is 19.5. The number of rotatable bonds is 7. The number of carbonyl (C=O) groups is 2. The van der Waals surface area contributed by atoms with Crippen molar-refractivity contribution in [3.05, 3.63) is 83.8 Å². The van der Waals surface area contributed by atoms with Crippen LogP contribution in [0.1, 0.15) is 12.8 Å². The Bertz CT molecular complexity index is 1520. The van der Waals surface area contributed by atoms with E-state index in [1.54, 1.807) is 36.3 Å². The van der Waals surface area contributed by atoms with Gasteiger partial charge in [-0.05, 0) is 49.2 Å². The van der Waals surface area contributed by atoms with Crippen LogP contribution in [0, 0.1) is 17.0 Å². The summed E-state index contributed by atoms with van der Waals surface area (Å²) in [4.78, 5) is 30.0. The lowest BCUT2D eigenvalue weighted by Crippen LogP contribution is -2.36. The second kappa shape index (κ2) is 9.62. The first-order valence-electron chi connectivity index (χ1n) is 11.2. The molecule has 4 aromatic rings. The third-order valence-corrected chi connectivity index (χ3v) is 6.27. The Balaban J connectivity index is 1.26. The summed E-state index contributed by atoms with van der Waals surface area (Å²) in [7, 11) is 1.80. The van der Waals surface area contributed by atoms with E-state index in [9.17, 15) is 18.4 Å². The first kappa shape index (κ1) is 24.4. The van der Waals surface area contributed by atoms with E-state index in [2.05, 4.69) is 20.7 Å². The molecule has 2 heterocycles. The van der Waals surface area contributed by atoms with Crippen molar-refractivity contribution in [2.45, 2.75) is 12.8 Å². The first-order chi connectivity index (χ1) is 17.7. The molecule has 1 fully saturated rings. The lowest BCUT2D eigenvalue weighted by Gasteiger charge is -2.17. The molecule has 2 amide bonds. The number of anilines is 2. The fourth-order valence-electron chi connectivity index (χ4n) is 3.74. The Morgan fingerprint density at radius 2 is 1.70 bits per heavy atom. The van der Waals surface area contributed by atoms with Crippen LogP contribution in [0.4, 0.5) is 20.2 Å². The smallest absolute Gasteiger partial charge is 0.240 e. The fourth-order valence-corrected chi connectivity index (χ4v) is 3.95. The molecule has 0 saturated heterocycles. The SMILES string of the molecule is Cn1cc(-c2cc(Oc3ccc(NC(=O)C4(C(=O)Nc5ccc(F)cc5Cl)CC4)c(F)c3)ccn2)cn1. The van der Waals surface area contributed by atoms with Crippen molar-refractivity contribution in [1.82, 2.24) is 14.8 Å². The van der Waals surface area contributed by atoms with Crippen molar-refractivity contribution >= 4 is 34.8 Å². The fraction of sp³-hybridized carbons (Fsp3) is 0.154. The molecule has 11 heteroatoms. The van der Waals surface area contributed by atoms with Gasteiger partial charge in [0.15, 0.2) is 0 Å². The second-order valence-corrected chi connectivity index (χ2v) is 9.04. The van der Waals surface area contributed by atoms with E-state index < -0.39 is 28.9 Å². The largest absolute Gasteiger partial charge is 0.457 e. The number of aromatic nitrogens is 3. The van der Waals surface area contributed by atoms with Crippen molar-refractivity contribution in [2.24, 2.45) is 12.5 Å². The number of hydrogen-bond donors (Lipinski definition) is 2. The van der Waals surface area contributed by atoms with Crippen LogP contribution in [0.25, 0.3) is 11.3 Å². The normalized spacial score (nSPS) is 13.6. The highest BCUT2D eigenvalue weighted by molar-refractivity contribution is 6.34. The maximum atomic E-state index is 14.8. The highest BCUT2D eigenvalue weighted by atomic mass is 35.5. The Labute approximate surface area is 215 Å². The minimum atomic E-state index is -1.36. The van der Waals surface area contributed by atoms with Gasteiger partial charge in [0.25, 0.3) is 0 Å².